The molecule has 1 aromatic heterocycles. The Morgan fingerprint density at radius 3 is 2.84 bits per heavy atom. The highest BCUT2D eigenvalue weighted by atomic mass is 32.1. The Morgan fingerprint density at radius 1 is 1.23 bits per heavy atom. The highest BCUT2D eigenvalue weighted by molar-refractivity contribution is 7.71. The first-order valence-electron chi connectivity index (χ1n) is 10.4. The van der Waals surface area contributed by atoms with Crippen LogP contribution in [0.5, 0.6) is 11.5 Å². The Labute approximate surface area is 186 Å². The molecule has 0 saturated heterocycles. The van der Waals surface area contributed by atoms with E-state index in [2.05, 4.69) is 15.5 Å². The minimum absolute atomic E-state index is 0.0575. The fourth-order valence-corrected chi connectivity index (χ4v) is 3.81. The number of aromatic amines is 1. The molecule has 162 valence electrons. The van der Waals surface area contributed by atoms with Crippen LogP contribution in [0.3, 0.4) is 0 Å². The van der Waals surface area contributed by atoms with Gasteiger partial charge in [-0.05, 0) is 49.8 Å². The molecule has 4 rings (SSSR count). The average Bonchev–Trinajstić information content (AvgIpc) is 2.96. The summed E-state index contributed by atoms with van der Waals surface area (Å²) in [6.45, 7) is 5.71. The zero-order chi connectivity index (χ0) is 21.8. The van der Waals surface area contributed by atoms with Crippen LogP contribution in [0.15, 0.2) is 42.5 Å². The normalized spacial score (nSPS) is 14.0. The zero-order valence-corrected chi connectivity index (χ0v) is 18.5. The molecule has 0 radical (unpaired) electrons. The van der Waals surface area contributed by atoms with Crippen LogP contribution in [0, 0.1) is 11.7 Å². The number of carbonyl (C=O) groups is 1. The third kappa shape index (κ3) is 4.96. The van der Waals surface area contributed by atoms with Gasteiger partial charge in [0, 0.05) is 24.9 Å². The minimum Gasteiger partial charge on any atom is -0.490 e. The van der Waals surface area contributed by atoms with Crippen LogP contribution in [-0.4, -0.2) is 33.9 Å². The Kier molecular flexibility index (Phi) is 6.36. The molecule has 8 heteroatoms. The lowest BCUT2D eigenvalue weighted by Gasteiger charge is -2.17. The molecule has 3 aromatic rings. The molecule has 31 heavy (non-hydrogen) atoms. The number of H-pyrrole nitrogens is 1. The highest BCUT2D eigenvalue weighted by Gasteiger charge is 2.16. The Balaban J connectivity index is 1.41. The molecule has 1 aliphatic heterocycles. The topological polar surface area (TPSA) is 81.2 Å². The summed E-state index contributed by atoms with van der Waals surface area (Å²) in [4.78, 5) is 12.6. The molecule has 7 nitrogen and oxygen atoms in total. The molecule has 2 aromatic carbocycles. The summed E-state index contributed by atoms with van der Waals surface area (Å²) in [5, 5.41) is 10.2. The number of amides is 1. The Morgan fingerprint density at radius 2 is 2.03 bits per heavy atom. The monoisotopic (exact) mass is 438 g/mol. The molecule has 1 atom stereocenters. The van der Waals surface area contributed by atoms with E-state index in [0.717, 1.165) is 40.4 Å². The maximum Gasteiger partial charge on any atom is 0.222 e. The summed E-state index contributed by atoms with van der Waals surface area (Å²) in [6.07, 6.45) is 1.15. The number of fused-ring (bicyclic) bond motifs is 1. The van der Waals surface area contributed by atoms with Crippen LogP contribution in [-0.2, 0) is 11.3 Å². The van der Waals surface area contributed by atoms with Gasteiger partial charge in [-0.2, -0.15) is 5.10 Å². The predicted octanol–water partition coefficient (Wildman–Crippen LogP) is 4.34. The number of aromatic nitrogens is 3. The summed E-state index contributed by atoms with van der Waals surface area (Å²) in [5.74, 6) is 2.15. The summed E-state index contributed by atoms with van der Waals surface area (Å²) in [7, 11) is 0. The average molecular weight is 439 g/mol. The summed E-state index contributed by atoms with van der Waals surface area (Å²) in [5.41, 5.74) is 3.07. The van der Waals surface area contributed by atoms with Crippen LogP contribution in [0.4, 0.5) is 0 Å². The maximum atomic E-state index is 12.6. The highest BCUT2D eigenvalue weighted by Crippen LogP contribution is 2.32. The van der Waals surface area contributed by atoms with E-state index in [4.69, 9.17) is 21.7 Å². The fourth-order valence-electron chi connectivity index (χ4n) is 3.59. The molecule has 0 aliphatic carbocycles. The van der Waals surface area contributed by atoms with Gasteiger partial charge in [0.05, 0.1) is 19.3 Å². The molecule has 0 fully saturated rings. The van der Waals surface area contributed by atoms with Crippen molar-refractivity contribution in [2.75, 3.05) is 13.2 Å². The molecular formula is C23H26N4O3S. The van der Waals surface area contributed by atoms with Gasteiger partial charge in [0.15, 0.2) is 22.1 Å². The molecule has 0 saturated carbocycles. The van der Waals surface area contributed by atoms with Crippen molar-refractivity contribution < 1.29 is 14.3 Å². The van der Waals surface area contributed by atoms with Gasteiger partial charge >= 0.3 is 0 Å². The SMILES string of the molecule is Cc1cccc(-c2n[nH]c(=S)n2CCC(=O)NC(C)c2ccc3c(c2)OCCCO3)c1. The lowest BCUT2D eigenvalue weighted by Crippen LogP contribution is -2.27. The van der Waals surface area contributed by atoms with Crippen molar-refractivity contribution in [3.63, 3.8) is 0 Å². The number of hydrogen-bond donors (Lipinski definition) is 2. The second-order valence-corrected chi connectivity index (χ2v) is 8.06. The number of nitrogens with one attached hydrogen (secondary N) is 2. The summed E-state index contributed by atoms with van der Waals surface area (Å²) < 4.78 is 13.8. The van der Waals surface area contributed by atoms with Gasteiger partial charge in [-0.3, -0.25) is 14.5 Å². The maximum absolute atomic E-state index is 12.6. The van der Waals surface area contributed by atoms with Crippen molar-refractivity contribution in [2.45, 2.75) is 39.3 Å². The third-order valence-corrected chi connectivity index (χ3v) is 5.56. The lowest BCUT2D eigenvalue weighted by molar-refractivity contribution is -0.121. The summed E-state index contributed by atoms with van der Waals surface area (Å²) in [6, 6.07) is 13.7. The quantitative estimate of drug-likeness (QED) is 0.560. The van der Waals surface area contributed by atoms with Gasteiger partial charge in [0.2, 0.25) is 5.91 Å². The van der Waals surface area contributed by atoms with E-state index in [1.54, 1.807) is 0 Å². The van der Waals surface area contributed by atoms with Gasteiger partial charge < -0.3 is 14.8 Å². The minimum atomic E-state index is -0.154. The van der Waals surface area contributed by atoms with E-state index in [1.165, 1.54) is 0 Å². The number of carbonyl (C=O) groups excluding carboxylic acids is 1. The van der Waals surface area contributed by atoms with Crippen LogP contribution in [0.25, 0.3) is 11.4 Å². The van der Waals surface area contributed by atoms with Gasteiger partial charge in [-0.25, -0.2) is 0 Å². The van der Waals surface area contributed by atoms with E-state index < -0.39 is 0 Å². The number of ether oxygens (including phenoxy) is 2. The van der Waals surface area contributed by atoms with Crippen molar-refractivity contribution in [3.8, 4) is 22.9 Å². The molecule has 1 unspecified atom stereocenters. The molecular weight excluding hydrogens is 412 g/mol. The summed E-state index contributed by atoms with van der Waals surface area (Å²) >= 11 is 5.38. The standard InChI is InChI=1S/C23H26N4O3S/c1-15-5-3-6-18(13-15)22-25-26-23(31)27(22)10-9-21(28)24-16(2)17-7-8-19-20(14-17)30-12-4-11-29-19/h3,5-8,13-14,16H,4,9-12H2,1-2H3,(H,24,28)(H,26,31). The molecule has 0 bridgehead atoms. The fraction of sp³-hybridized carbons (Fsp3) is 0.348. The molecule has 2 heterocycles. The predicted molar refractivity (Wildman–Crippen MR) is 121 cm³/mol. The van der Waals surface area contributed by atoms with Crippen LogP contribution < -0.4 is 14.8 Å². The van der Waals surface area contributed by atoms with E-state index in [0.29, 0.717) is 31.0 Å². The zero-order valence-electron chi connectivity index (χ0n) is 17.7. The number of nitrogens with zero attached hydrogens (tertiary/aromatic N) is 2. The second kappa shape index (κ2) is 9.34. The Hall–Kier alpha value is -3.13. The molecule has 1 amide bonds. The molecule has 1 aliphatic rings. The van der Waals surface area contributed by atoms with Crippen LogP contribution >= 0.6 is 12.2 Å². The van der Waals surface area contributed by atoms with Crippen molar-refractivity contribution in [1.82, 2.24) is 20.1 Å². The number of hydrogen-bond acceptors (Lipinski definition) is 5. The van der Waals surface area contributed by atoms with Crippen molar-refractivity contribution in [1.29, 1.82) is 0 Å². The number of aryl methyl sites for hydroxylation is 1. The van der Waals surface area contributed by atoms with E-state index in [1.807, 2.05) is 60.9 Å². The third-order valence-electron chi connectivity index (χ3n) is 5.25. The van der Waals surface area contributed by atoms with Crippen molar-refractivity contribution in [2.24, 2.45) is 0 Å². The second-order valence-electron chi connectivity index (χ2n) is 7.67. The Bertz CT molecular complexity index is 1140. The first-order valence-corrected chi connectivity index (χ1v) is 10.8. The van der Waals surface area contributed by atoms with Gasteiger partial charge in [-0.1, -0.05) is 29.8 Å². The van der Waals surface area contributed by atoms with Crippen LogP contribution in [0.1, 0.15) is 36.9 Å². The van der Waals surface area contributed by atoms with Crippen molar-refractivity contribution in [3.05, 3.63) is 58.4 Å². The number of benzene rings is 2. The van der Waals surface area contributed by atoms with Gasteiger partial charge in [0.1, 0.15) is 0 Å². The number of rotatable bonds is 6. The first-order chi connectivity index (χ1) is 15.0. The lowest BCUT2D eigenvalue weighted by atomic mass is 10.1. The van der Waals surface area contributed by atoms with E-state index >= 15 is 0 Å². The van der Waals surface area contributed by atoms with E-state index in [9.17, 15) is 4.79 Å². The van der Waals surface area contributed by atoms with Gasteiger partial charge in [-0.15, -0.1) is 0 Å². The largest absolute Gasteiger partial charge is 0.490 e. The van der Waals surface area contributed by atoms with E-state index in [-0.39, 0.29) is 11.9 Å². The molecule has 0 spiro atoms. The molecule has 2 N–H and O–H groups in total. The smallest absolute Gasteiger partial charge is 0.222 e. The van der Waals surface area contributed by atoms with Crippen LogP contribution in [0.2, 0.25) is 0 Å². The van der Waals surface area contributed by atoms with Gasteiger partial charge in [0.25, 0.3) is 0 Å². The first kappa shape index (κ1) is 21.1. The van der Waals surface area contributed by atoms with Crippen molar-refractivity contribution >= 4 is 18.1 Å².